The van der Waals surface area contributed by atoms with Gasteiger partial charge in [0.1, 0.15) is 0 Å². The SMILES string of the molecule is C=C(F)C(=O)N1CCCC(C)C1.CC. The summed E-state index contributed by atoms with van der Waals surface area (Å²) in [5.74, 6) is -0.896. The van der Waals surface area contributed by atoms with E-state index in [4.69, 9.17) is 0 Å². The lowest BCUT2D eigenvalue weighted by molar-refractivity contribution is -0.130. The zero-order valence-corrected chi connectivity index (χ0v) is 9.35. The number of piperidine rings is 1. The van der Waals surface area contributed by atoms with Gasteiger partial charge in [0.25, 0.3) is 5.91 Å². The molecule has 0 aromatic heterocycles. The highest BCUT2D eigenvalue weighted by molar-refractivity contribution is 5.90. The average Bonchev–Trinajstić information content (AvgIpc) is 2.19. The minimum absolute atomic E-state index is 0.488. The monoisotopic (exact) mass is 201 g/mol. The molecule has 0 saturated carbocycles. The van der Waals surface area contributed by atoms with E-state index in [1.807, 2.05) is 13.8 Å². The molecule has 1 fully saturated rings. The maximum atomic E-state index is 12.4. The van der Waals surface area contributed by atoms with E-state index in [1.165, 1.54) is 4.90 Å². The van der Waals surface area contributed by atoms with Crippen molar-refractivity contribution in [2.75, 3.05) is 13.1 Å². The summed E-state index contributed by atoms with van der Waals surface area (Å²) in [6, 6.07) is 0. The van der Waals surface area contributed by atoms with Gasteiger partial charge >= 0.3 is 0 Å². The molecule has 0 aromatic rings. The van der Waals surface area contributed by atoms with Crippen molar-refractivity contribution < 1.29 is 9.18 Å². The van der Waals surface area contributed by atoms with E-state index in [0.29, 0.717) is 19.0 Å². The molecular formula is C11H20FNO. The zero-order chi connectivity index (χ0) is 11.1. The Kier molecular flexibility index (Phi) is 6.17. The summed E-state index contributed by atoms with van der Waals surface area (Å²) in [5.41, 5.74) is 0. The fourth-order valence-corrected chi connectivity index (χ4v) is 1.55. The Morgan fingerprint density at radius 1 is 1.50 bits per heavy atom. The summed E-state index contributed by atoms with van der Waals surface area (Å²) in [4.78, 5) is 12.6. The Morgan fingerprint density at radius 3 is 2.50 bits per heavy atom. The van der Waals surface area contributed by atoms with Gasteiger partial charge in [-0.2, -0.15) is 0 Å². The van der Waals surface area contributed by atoms with Crippen molar-refractivity contribution in [1.29, 1.82) is 0 Å². The van der Waals surface area contributed by atoms with Gasteiger partial charge in [-0.3, -0.25) is 4.79 Å². The van der Waals surface area contributed by atoms with E-state index in [9.17, 15) is 9.18 Å². The first-order chi connectivity index (χ1) is 6.61. The summed E-state index contributed by atoms with van der Waals surface area (Å²) in [6.07, 6.45) is 2.10. The van der Waals surface area contributed by atoms with E-state index in [1.54, 1.807) is 0 Å². The minimum atomic E-state index is -0.843. The van der Waals surface area contributed by atoms with Gasteiger partial charge in [-0.05, 0) is 18.8 Å². The highest BCUT2D eigenvalue weighted by Crippen LogP contribution is 2.16. The molecule has 1 heterocycles. The smallest absolute Gasteiger partial charge is 0.281 e. The number of carbonyl (C=O) groups is 1. The number of hydrogen-bond donors (Lipinski definition) is 0. The van der Waals surface area contributed by atoms with Crippen LogP contribution in [0.25, 0.3) is 0 Å². The number of rotatable bonds is 1. The molecule has 0 aromatic carbocycles. The predicted molar refractivity (Wildman–Crippen MR) is 56.6 cm³/mol. The van der Waals surface area contributed by atoms with Crippen LogP contribution in [0.2, 0.25) is 0 Å². The van der Waals surface area contributed by atoms with Crippen molar-refractivity contribution >= 4 is 5.91 Å². The standard InChI is InChI=1S/C9H14FNO.C2H6/c1-7-4-3-5-11(6-7)9(12)8(2)10;1-2/h7H,2-6H2,1H3;1-2H3. The topological polar surface area (TPSA) is 20.3 Å². The molecule has 1 aliphatic rings. The molecular weight excluding hydrogens is 181 g/mol. The molecule has 3 heteroatoms. The van der Waals surface area contributed by atoms with Gasteiger partial charge in [0.15, 0.2) is 5.83 Å². The maximum Gasteiger partial charge on any atom is 0.281 e. The number of likely N-dealkylation sites (tertiary alicyclic amines) is 1. The quantitative estimate of drug-likeness (QED) is 0.597. The lowest BCUT2D eigenvalue weighted by Gasteiger charge is -2.30. The normalized spacial score (nSPS) is 20.9. The third kappa shape index (κ3) is 3.90. The summed E-state index contributed by atoms with van der Waals surface area (Å²) in [6.45, 7) is 10.4. The number of hydrogen-bond acceptors (Lipinski definition) is 1. The van der Waals surface area contributed by atoms with E-state index in [-0.39, 0.29) is 0 Å². The van der Waals surface area contributed by atoms with Crippen LogP contribution in [-0.4, -0.2) is 23.9 Å². The predicted octanol–water partition coefficient (Wildman–Crippen LogP) is 2.75. The second kappa shape index (κ2) is 6.57. The number of halogens is 1. The van der Waals surface area contributed by atoms with Crippen molar-refractivity contribution in [3.63, 3.8) is 0 Å². The van der Waals surface area contributed by atoms with E-state index in [0.717, 1.165) is 12.8 Å². The Balaban J connectivity index is 0.000000791. The zero-order valence-electron chi connectivity index (χ0n) is 9.35. The molecule has 0 radical (unpaired) electrons. The first kappa shape index (κ1) is 13.1. The minimum Gasteiger partial charge on any atom is -0.336 e. The summed E-state index contributed by atoms with van der Waals surface area (Å²) in [5, 5.41) is 0. The molecule has 1 rings (SSSR count). The van der Waals surface area contributed by atoms with Crippen LogP contribution < -0.4 is 0 Å². The van der Waals surface area contributed by atoms with Crippen LogP contribution in [0.3, 0.4) is 0 Å². The van der Waals surface area contributed by atoms with Crippen molar-refractivity contribution in [3.8, 4) is 0 Å². The van der Waals surface area contributed by atoms with Gasteiger partial charge in [-0.15, -0.1) is 0 Å². The molecule has 1 unspecified atom stereocenters. The third-order valence-corrected chi connectivity index (χ3v) is 2.18. The third-order valence-electron chi connectivity index (χ3n) is 2.18. The molecule has 1 atom stereocenters. The van der Waals surface area contributed by atoms with Crippen LogP contribution in [0.15, 0.2) is 12.4 Å². The van der Waals surface area contributed by atoms with Gasteiger partial charge in [0, 0.05) is 13.1 Å². The average molecular weight is 201 g/mol. The molecule has 0 aliphatic carbocycles. The summed E-state index contributed by atoms with van der Waals surface area (Å²) >= 11 is 0. The number of amides is 1. The van der Waals surface area contributed by atoms with E-state index < -0.39 is 11.7 Å². The van der Waals surface area contributed by atoms with Gasteiger partial charge in [0.2, 0.25) is 0 Å². The van der Waals surface area contributed by atoms with E-state index >= 15 is 0 Å². The fraction of sp³-hybridized carbons (Fsp3) is 0.727. The number of carbonyl (C=O) groups excluding carboxylic acids is 1. The lowest BCUT2D eigenvalue weighted by Crippen LogP contribution is -2.39. The van der Waals surface area contributed by atoms with Crippen LogP contribution in [0.5, 0.6) is 0 Å². The molecule has 1 aliphatic heterocycles. The van der Waals surface area contributed by atoms with Crippen LogP contribution in [0.4, 0.5) is 4.39 Å². The molecule has 82 valence electrons. The molecule has 1 amide bonds. The van der Waals surface area contributed by atoms with Crippen molar-refractivity contribution in [2.45, 2.75) is 33.6 Å². The molecule has 2 nitrogen and oxygen atoms in total. The molecule has 14 heavy (non-hydrogen) atoms. The fourth-order valence-electron chi connectivity index (χ4n) is 1.55. The second-order valence-electron chi connectivity index (χ2n) is 3.40. The molecule has 0 spiro atoms. The maximum absolute atomic E-state index is 12.4. The van der Waals surface area contributed by atoms with Gasteiger partial charge < -0.3 is 4.90 Å². The molecule has 0 bridgehead atoms. The lowest BCUT2D eigenvalue weighted by atomic mass is 10.0. The number of nitrogens with zero attached hydrogens (tertiary/aromatic N) is 1. The Labute approximate surface area is 85.8 Å². The van der Waals surface area contributed by atoms with E-state index in [2.05, 4.69) is 13.5 Å². The van der Waals surface area contributed by atoms with Gasteiger partial charge in [-0.1, -0.05) is 27.4 Å². The summed E-state index contributed by atoms with van der Waals surface area (Å²) in [7, 11) is 0. The Bertz CT molecular complexity index is 203. The van der Waals surface area contributed by atoms with Crippen molar-refractivity contribution in [1.82, 2.24) is 4.90 Å². The summed E-state index contributed by atoms with van der Waals surface area (Å²) < 4.78 is 12.4. The Hall–Kier alpha value is -0.860. The van der Waals surface area contributed by atoms with Crippen LogP contribution in [-0.2, 0) is 4.79 Å². The first-order valence-electron chi connectivity index (χ1n) is 5.25. The highest BCUT2D eigenvalue weighted by Gasteiger charge is 2.22. The first-order valence-corrected chi connectivity index (χ1v) is 5.25. The second-order valence-corrected chi connectivity index (χ2v) is 3.40. The van der Waals surface area contributed by atoms with Crippen LogP contribution in [0, 0.1) is 5.92 Å². The van der Waals surface area contributed by atoms with Crippen LogP contribution in [0.1, 0.15) is 33.6 Å². The highest BCUT2D eigenvalue weighted by atomic mass is 19.1. The molecule has 1 saturated heterocycles. The molecule has 0 N–H and O–H groups in total. The van der Waals surface area contributed by atoms with Crippen molar-refractivity contribution in [2.24, 2.45) is 5.92 Å². The van der Waals surface area contributed by atoms with Gasteiger partial charge in [-0.25, -0.2) is 4.39 Å². The Morgan fingerprint density at radius 2 is 2.07 bits per heavy atom. The van der Waals surface area contributed by atoms with Crippen molar-refractivity contribution in [3.05, 3.63) is 12.4 Å². The van der Waals surface area contributed by atoms with Crippen LogP contribution >= 0.6 is 0 Å². The van der Waals surface area contributed by atoms with Gasteiger partial charge in [0.05, 0.1) is 0 Å². The largest absolute Gasteiger partial charge is 0.336 e.